The van der Waals surface area contributed by atoms with Crippen LogP contribution >= 0.6 is 0 Å². The highest BCUT2D eigenvalue weighted by Crippen LogP contribution is 2.34. The summed E-state index contributed by atoms with van der Waals surface area (Å²) in [4.78, 5) is 26.6. The molecule has 1 fully saturated rings. The van der Waals surface area contributed by atoms with Gasteiger partial charge < -0.3 is 25.4 Å². The molecule has 30 heavy (non-hydrogen) atoms. The minimum Gasteiger partial charge on any atom is -0.493 e. The number of ether oxygens (including phenoxy) is 2. The molecule has 0 aromatic heterocycles. The van der Waals surface area contributed by atoms with E-state index in [0.29, 0.717) is 23.6 Å². The summed E-state index contributed by atoms with van der Waals surface area (Å²) >= 11 is 0. The minimum atomic E-state index is -0.570. The van der Waals surface area contributed by atoms with Gasteiger partial charge in [0.1, 0.15) is 0 Å². The highest BCUT2D eigenvalue weighted by atomic mass is 16.5. The number of unbranched alkanes of at least 4 members (excludes halogenated alkanes) is 1. The van der Waals surface area contributed by atoms with E-state index in [1.54, 1.807) is 18.2 Å². The third-order valence-electron chi connectivity index (χ3n) is 5.40. The Morgan fingerprint density at radius 2 is 1.80 bits per heavy atom. The second kappa shape index (κ2) is 9.69. The zero-order chi connectivity index (χ0) is 22.5. The number of hydrogen-bond donors (Lipinski definition) is 2. The Hall–Kier alpha value is -2.28. The molecule has 168 valence electrons. The fourth-order valence-corrected chi connectivity index (χ4v) is 4.50. The number of carbonyl (C=O) groups is 2. The normalized spacial score (nSPS) is 17.9. The zero-order valence-electron chi connectivity index (χ0n) is 19.2. The molecule has 3 N–H and O–H groups in total. The molecular formula is C23H37N3O4. The molecule has 1 aromatic rings. The van der Waals surface area contributed by atoms with E-state index in [1.807, 2.05) is 4.90 Å². The van der Waals surface area contributed by atoms with Gasteiger partial charge in [-0.3, -0.25) is 9.59 Å². The van der Waals surface area contributed by atoms with Crippen molar-refractivity contribution in [3.63, 3.8) is 0 Å². The van der Waals surface area contributed by atoms with Crippen molar-refractivity contribution in [2.24, 2.45) is 5.73 Å². The van der Waals surface area contributed by atoms with Gasteiger partial charge >= 0.3 is 0 Å². The van der Waals surface area contributed by atoms with Crippen molar-refractivity contribution >= 4 is 11.8 Å². The molecule has 1 heterocycles. The van der Waals surface area contributed by atoms with Gasteiger partial charge in [-0.05, 0) is 65.2 Å². The van der Waals surface area contributed by atoms with Crippen LogP contribution < -0.4 is 20.5 Å². The maximum atomic E-state index is 13.6. The van der Waals surface area contributed by atoms with E-state index in [2.05, 4.69) is 39.9 Å². The van der Waals surface area contributed by atoms with Crippen molar-refractivity contribution < 1.29 is 19.1 Å². The van der Waals surface area contributed by atoms with Gasteiger partial charge in [-0.2, -0.15) is 0 Å². The third kappa shape index (κ3) is 6.36. The van der Waals surface area contributed by atoms with Crippen LogP contribution in [0.15, 0.2) is 18.2 Å². The molecule has 0 saturated carbocycles. The molecule has 1 saturated heterocycles. The summed E-state index contributed by atoms with van der Waals surface area (Å²) in [7, 11) is 1.51. The second-order valence-electron chi connectivity index (χ2n) is 9.43. The van der Waals surface area contributed by atoms with E-state index in [4.69, 9.17) is 15.2 Å². The van der Waals surface area contributed by atoms with Crippen LogP contribution in [-0.4, -0.2) is 54.1 Å². The molecule has 2 amide bonds. The number of carbonyl (C=O) groups excluding carboxylic acids is 2. The Labute approximate surface area is 180 Å². The summed E-state index contributed by atoms with van der Waals surface area (Å²) in [5.41, 5.74) is 5.59. The fraction of sp³-hybridized carbons (Fsp3) is 0.652. The maximum Gasteiger partial charge on any atom is 0.255 e. The largest absolute Gasteiger partial charge is 0.493 e. The van der Waals surface area contributed by atoms with E-state index >= 15 is 0 Å². The minimum absolute atomic E-state index is 0.0123. The van der Waals surface area contributed by atoms with Gasteiger partial charge in [0.25, 0.3) is 11.8 Å². The third-order valence-corrected chi connectivity index (χ3v) is 5.40. The molecule has 0 atom stereocenters. The lowest BCUT2D eigenvalue weighted by molar-refractivity contribution is -0.119. The zero-order valence-corrected chi connectivity index (χ0v) is 19.2. The van der Waals surface area contributed by atoms with Crippen LogP contribution in [0.2, 0.25) is 0 Å². The average molecular weight is 420 g/mol. The Balaban J connectivity index is 2.31. The highest BCUT2D eigenvalue weighted by molar-refractivity contribution is 5.95. The SMILES string of the molecule is CCCCN(C(=O)c1ccc(OCC(N)=O)c(OC)c1)C1CC(C)(C)NC(C)(C)C1. The van der Waals surface area contributed by atoms with Crippen molar-refractivity contribution in [2.75, 3.05) is 20.3 Å². The van der Waals surface area contributed by atoms with Crippen LogP contribution in [0, 0.1) is 0 Å². The Morgan fingerprint density at radius 1 is 1.17 bits per heavy atom. The van der Waals surface area contributed by atoms with Crippen LogP contribution in [-0.2, 0) is 4.79 Å². The smallest absolute Gasteiger partial charge is 0.255 e. The molecule has 0 spiro atoms. The van der Waals surface area contributed by atoms with Gasteiger partial charge in [0.05, 0.1) is 7.11 Å². The summed E-state index contributed by atoms with van der Waals surface area (Å²) in [5.74, 6) is 0.210. The lowest BCUT2D eigenvalue weighted by Gasteiger charge is -2.49. The highest BCUT2D eigenvalue weighted by Gasteiger charge is 2.41. The molecule has 0 aliphatic carbocycles. The van der Waals surface area contributed by atoms with Crippen molar-refractivity contribution in [3.05, 3.63) is 23.8 Å². The molecule has 0 radical (unpaired) electrons. The van der Waals surface area contributed by atoms with Crippen LogP contribution in [0.1, 0.15) is 70.7 Å². The van der Waals surface area contributed by atoms with Gasteiger partial charge in [-0.25, -0.2) is 0 Å². The number of nitrogens with one attached hydrogen (secondary N) is 1. The quantitative estimate of drug-likeness (QED) is 0.641. The first-order valence-corrected chi connectivity index (χ1v) is 10.7. The monoisotopic (exact) mass is 419 g/mol. The van der Waals surface area contributed by atoms with Crippen LogP contribution in [0.3, 0.4) is 0 Å². The molecule has 1 aromatic carbocycles. The van der Waals surface area contributed by atoms with E-state index in [-0.39, 0.29) is 29.6 Å². The number of nitrogens with zero attached hydrogens (tertiary/aromatic N) is 1. The van der Waals surface area contributed by atoms with Crippen LogP contribution in [0.5, 0.6) is 11.5 Å². The van der Waals surface area contributed by atoms with Gasteiger partial charge in [0.15, 0.2) is 18.1 Å². The number of primary amides is 1. The molecule has 7 heteroatoms. The van der Waals surface area contributed by atoms with Crippen molar-refractivity contribution in [1.82, 2.24) is 10.2 Å². The predicted molar refractivity (Wildman–Crippen MR) is 118 cm³/mol. The van der Waals surface area contributed by atoms with E-state index in [0.717, 1.165) is 25.7 Å². The van der Waals surface area contributed by atoms with Crippen molar-refractivity contribution in [2.45, 2.75) is 77.4 Å². The topological polar surface area (TPSA) is 93.9 Å². The van der Waals surface area contributed by atoms with Crippen LogP contribution in [0.25, 0.3) is 0 Å². The summed E-state index contributed by atoms with van der Waals surface area (Å²) in [6.07, 6.45) is 3.75. The van der Waals surface area contributed by atoms with Crippen LogP contribution in [0.4, 0.5) is 0 Å². The van der Waals surface area contributed by atoms with Crippen molar-refractivity contribution in [1.29, 1.82) is 0 Å². The summed E-state index contributed by atoms with van der Waals surface area (Å²) in [6, 6.07) is 5.20. The number of piperidine rings is 1. The first-order valence-electron chi connectivity index (χ1n) is 10.7. The fourth-order valence-electron chi connectivity index (χ4n) is 4.50. The van der Waals surface area contributed by atoms with E-state index in [9.17, 15) is 9.59 Å². The Morgan fingerprint density at radius 3 is 2.33 bits per heavy atom. The molecule has 7 nitrogen and oxygen atoms in total. The number of nitrogens with two attached hydrogens (primary N) is 1. The Bertz CT molecular complexity index is 745. The summed E-state index contributed by atoms with van der Waals surface area (Å²) in [6.45, 7) is 11.4. The lowest BCUT2D eigenvalue weighted by atomic mass is 9.78. The number of methoxy groups -OCH3 is 1. The molecule has 1 aliphatic rings. The molecular weight excluding hydrogens is 382 g/mol. The van der Waals surface area contributed by atoms with Gasteiger partial charge in [0.2, 0.25) is 0 Å². The molecule has 0 unspecified atom stereocenters. The summed E-state index contributed by atoms with van der Waals surface area (Å²) in [5, 5.41) is 3.69. The number of rotatable bonds is 9. The second-order valence-corrected chi connectivity index (χ2v) is 9.43. The first kappa shape index (κ1) is 24.0. The predicted octanol–water partition coefficient (Wildman–Crippen LogP) is 3.11. The van der Waals surface area contributed by atoms with Gasteiger partial charge in [-0.15, -0.1) is 0 Å². The number of amides is 2. The van der Waals surface area contributed by atoms with Gasteiger partial charge in [-0.1, -0.05) is 13.3 Å². The van der Waals surface area contributed by atoms with Gasteiger partial charge in [0, 0.05) is 29.2 Å². The number of hydrogen-bond acceptors (Lipinski definition) is 5. The van der Waals surface area contributed by atoms with Crippen molar-refractivity contribution in [3.8, 4) is 11.5 Å². The lowest BCUT2D eigenvalue weighted by Crippen LogP contribution is -2.62. The first-order chi connectivity index (χ1) is 14.0. The average Bonchev–Trinajstić information content (AvgIpc) is 2.63. The summed E-state index contributed by atoms with van der Waals surface area (Å²) < 4.78 is 10.8. The van der Waals surface area contributed by atoms with E-state index < -0.39 is 5.91 Å². The van der Waals surface area contributed by atoms with E-state index in [1.165, 1.54) is 7.11 Å². The standard InChI is InChI=1S/C23H37N3O4/c1-7-8-11-26(17-13-22(2,3)25-23(4,5)14-17)21(28)16-9-10-18(19(12-16)29-6)30-15-20(24)27/h9-10,12,17,25H,7-8,11,13-15H2,1-6H3,(H2,24,27). The molecule has 1 aliphatic heterocycles. The number of benzene rings is 1. The molecule has 2 rings (SSSR count). The maximum absolute atomic E-state index is 13.6. The Kier molecular flexibility index (Phi) is 7.75. The molecule has 0 bridgehead atoms.